The van der Waals surface area contributed by atoms with Gasteiger partial charge in [-0.15, -0.1) is 0 Å². The van der Waals surface area contributed by atoms with E-state index >= 15 is 0 Å². The monoisotopic (exact) mass is 249 g/mol. The van der Waals surface area contributed by atoms with Gasteiger partial charge in [0, 0.05) is 31.4 Å². The number of likely N-dealkylation sites (tertiary alicyclic amines) is 1. The zero-order chi connectivity index (χ0) is 12.8. The molecule has 1 unspecified atom stereocenters. The molecular weight excluding hydrogens is 226 g/mol. The molecule has 1 aromatic rings. The van der Waals surface area contributed by atoms with Crippen LogP contribution in [0.5, 0.6) is 5.88 Å². The van der Waals surface area contributed by atoms with Crippen molar-refractivity contribution < 1.29 is 4.74 Å². The number of ether oxygens (including phenoxy) is 1. The second-order valence-electron chi connectivity index (χ2n) is 5.00. The highest BCUT2D eigenvalue weighted by Gasteiger charge is 2.14. The average molecular weight is 249 g/mol. The maximum Gasteiger partial charge on any atom is 0.212 e. The summed E-state index contributed by atoms with van der Waals surface area (Å²) in [5.41, 5.74) is 1.20. The minimum Gasteiger partial charge on any atom is -0.481 e. The van der Waals surface area contributed by atoms with E-state index in [1.165, 1.54) is 31.5 Å². The van der Waals surface area contributed by atoms with E-state index in [1.54, 1.807) is 7.11 Å². The predicted molar refractivity (Wildman–Crippen MR) is 72.8 cm³/mol. The zero-order valence-corrected chi connectivity index (χ0v) is 11.4. The van der Waals surface area contributed by atoms with Crippen molar-refractivity contribution in [3.05, 3.63) is 23.9 Å². The van der Waals surface area contributed by atoms with Crippen molar-refractivity contribution in [1.29, 1.82) is 0 Å². The van der Waals surface area contributed by atoms with Gasteiger partial charge in [0.2, 0.25) is 5.88 Å². The highest BCUT2D eigenvalue weighted by Crippen LogP contribution is 2.09. The summed E-state index contributed by atoms with van der Waals surface area (Å²) in [6, 6.07) is 4.48. The molecule has 2 heterocycles. The molecule has 1 N–H and O–H groups in total. The number of nitrogens with zero attached hydrogens (tertiary/aromatic N) is 2. The molecule has 1 aliphatic rings. The maximum absolute atomic E-state index is 5.05. The standard InChI is InChI=1S/C14H23N3O/c1-12(11-17-7-3-4-8-17)15-9-13-5-6-14(18-2)16-10-13/h5-6,10,12,15H,3-4,7-9,11H2,1-2H3. The van der Waals surface area contributed by atoms with Crippen LogP contribution in [0.4, 0.5) is 0 Å². The van der Waals surface area contributed by atoms with Gasteiger partial charge in [-0.25, -0.2) is 4.98 Å². The molecule has 100 valence electrons. The summed E-state index contributed by atoms with van der Waals surface area (Å²) < 4.78 is 5.05. The largest absolute Gasteiger partial charge is 0.481 e. The second kappa shape index (κ2) is 6.71. The van der Waals surface area contributed by atoms with E-state index in [-0.39, 0.29) is 0 Å². The summed E-state index contributed by atoms with van der Waals surface area (Å²) in [5.74, 6) is 0.670. The molecular formula is C14H23N3O. The molecule has 2 rings (SSSR count). The Bertz CT molecular complexity index is 347. The molecule has 1 saturated heterocycles. The number of hydrogen-bond acceptors (Lipinski definition) is 4. The van der Waals surface area contributed by atoms with Crippen molar-refractivity contribution in [2.24, 2.45) is 0 Å². The van der Waals surface area contributed by atoms with E-state index < -0.39 is 0 Å². The third kappa shape index (κ3) is 3.96. The van der Waals surface area contributed by atoms with Crippen LogP contribution in [0.2, 0.25) is 0 Å². The highest BCUT2D eigenvalue weighted by atomic mass is 16.5. The molecule has 0 spiro atoms. The van der Waals surface area contributed by atoms with Crippen LogP contribution in [0, 0.1) is 0 Å². The van der Waals surface area contributed by atoms with E-state index in [4.69, 9.17) is 4.74 Å². The van der Waals surface area contributed by atoms with Crippen LogP contribution in [-0.4, -0.2) is 42.7 Å². The van der Waals surface area contributed by atoms with E-state index in [9.17, 15) is 0 Å². The lowest BCUT2D eigenvalue weighted by atomic mass is 10.2. The SMILES string of the molecule is COc1ccc(CNC(C)CN2CCCC2)cn1. The predicted octanol–water partition coefficient (Wildman–Crippen LogP) is 1.66. The fourth-order valence-electron chi connectivity index (χ4n) is 2.35. The van der Waals surface area contributed by atoms with E-state index in [1.807, 2.05) is 12.3 Å². The van der Waals surface area contributed by atoms with Gasteiger partial charge in [0.1, 0.15) is 0 Å². The fourth-order valence-corrected chi connectivity index (χ4v) is 2.35. The van der Waals surface area contributed by atoms with Crippen LogP contribution in [-0.2, 0) is 6.54 Å². The molecule has 0 saturated carbocycles. The normalized spacial score (nSPS) is 17.9. The number of methoxy groups -OCH3 is 1. The summed E-state index contributed by atoms with van der Waals surface area (Å²) in [6.07, 6.45) is 4.58. The van der Waals surface area contributed by atoms with Gasteiger partial charge in [0.05, 0.1) is 7.11 Å². The summed E-state index contributed by atoms with van der Waals surface area (Å²) in [5, 5.41) is 3.54. The van der Waals surface area contributed by atoms with Crippen molar-refractivity contribution in [1.82, 2.24) is 15.2 Å². The average Bonchev–Trinajstić information content (AvgIpc) is 2.90. The molecule has 0 aliphatic carbocycles. The van der Waals surface area contributed by atoms with Crippen molar-refractivity contribution in [3.8, 4) is 5.88 Å². The Morgan fingerprint density at radius 1 is 1.39 bits per heavy atom. The first-order valence-electron chi connectivity index (χ1n) is 6.72. The van der Waals surface area contributed by atoms with Gasteiger partial charge in [-0.2, -0.15) is 0 Å². The summed E-state index contributed by atoms with van der Waals surface area (Å²) >= 11 is 0. The van der Waals surface area contributed by atoms with Gasteiger partial charge in [-0.05, 0) is 38.4 Å². The first-order chi connectivity index (χ1) is 8.78. The molecule has 1 atom stereocenters. The summed E-state index contributed by atoms with van der Waals surface area (Å²) in [7, 11) is 1.64. The Balaban J connectivity index is 1.72. The van der Waals surface area contributed by atoms with E-state index in [2.05, 4.69) is 28.2 Å². The Hall–Kier alpha value is -1.13. The Kier molecular flexibility index (Phi) is 4.96. The molecule has 0 amide bonds. The van der Waals surface area contributed by atoms with Gasteiger partial charge in [0.25, 0.3) is 0 Å². The molecule has 0 bridgehead atoms. The number of rotatable bonds is 6. The van der Waals surface area contributed by atoms with E-state index in [0.717, 1.165) is 13.1 Å². The molecule has 1 aliphatic heterocycles. The van der Waals surface area contributed by atoms with Crippen LogP contribution >= 0.6 is 0 Å². The van der Waals surface area contributed by atoms with Crippen LogP contribution in [0.3, 0.4) is 0 Å². The number of aromatic nitrogens is 1. The molecule has 1 aromatic heterocycles. The molecule has 1 fully saturated rings. The first-order valence-corrected chi connectivity index (χ1v) is 6.72. The van der Waals surface area contributed by atoms with Crippen molar-refractivity contribution in [3.63, 3.8) is 0 Å². The highest BCUT2D eigenvalue weighted by molar-refractivity contribution is 5.17. The minimum absolute atomic E-state index is 0.519. The lowest BCUT2D eigenvalue weighted by Gasteiger charge is -2.21. The minimum atomic E-state index is 0.519. The zero-order valence-electron chi connectivity index (χ0n) is 11.4. The number of hydrogen-bond donors (Lipinski definition) is 1. The maximum atomic E-state index is 5.05. The molecule has 0 aromatic carbocycles. The van der Waals surface area contributed by atoms with Crippen molar-refractivity contribution in [2.75, 3.05) is 26.7 Å². The number of nitrogens with one attached hydrogen (secondary N) is 1. The lowest BCUT2D eigenvalue weighted by Crippen LogP contribution is -2.37. The van der Waals surface area contributed by atoms with Gasteiger partial charge >= 0.3 is 0 Å². The first kappa shape index (κ1) is 13.3. The van der Waals surface area contributed by atoms with Crippen molar-refractivity contribution in [2.45, 2.75) is 32.4 Å². The van der Waals surface area contributed by atoms with E-state index in [0.29, 0.717) is 11.9 Å². The third-order valence-electron chi connectivity index (χ3n) is 3.39. The fraction of sp³-hybridized carbons (Fsp3) is 0.643. The van der Waals surface area contributed by atoms with Gasteiger partial charge in [0.15, 0.2) is 0 Å². The second-order valence-corrected chi connectivity index (χ2v) is 5.00. The number of pyridine rings is 1. The van der Waals surface area contributed by atoms with Gasteiger partial charge < -0.3 is 15.0 Å². The lowest BCUT2D eigenvalue weighted by molar-refractivity contribution is 0.298. The molecule has 4 heteroatoms. The third-order valence-corrected chi connectivity index (χ3v) is 3.39. The van der Waals surface area contributed by atoms with Crippen LogP contribution in [0.15, 0.2) is 18.3 Å². The van der Waals surface area contributed by atoms with Crippen LogP contribution in [0.25, 0.3) is 0 Å². The summed E-state index contributed by atoms with van der Waals surface area (Å²) in [6.45, 7) is 6.77. The van der Waals surface area contributed by atoms with Gasteiger partial charge in [-0.3, -0.25) is 0 Å². The smallest absolute Gasteiger partial charge is 0.212 e. The van der Waals surface area contributed by atoms with Crippen LogP contribution in [0.1, 0.15) is 25.3 Å². The van der Waals surface area contributed by atoms with Crippen molar-refractivity contribution >= 4 is 0 Å². The molecule has 4 nitrogen and oxygen atoms in total. The Labute approximate surface area is 109 Å². The topological polar surface area (TPSA) is 37.4 Å². The summed E-state index contributed by atoms with van der Waals surface area (Å²) in [4.78, 5) is 6.74. The molecule has 18 heavy (non-hydrogen) atoms. The Morgan fingerprint density at radius 3 is 2.78 bits per heavy atom. The quantitative estimate of drug-likeness (QED) is 0.832. The Morgan fingerprint density at radius 2 is 2.17 bits per heavy atom. The molecule has 0 radical (unpaired) electrons. The van der Waals surface area contributed by atoms with Gasteiger partial charge in [-0.1, -0.05) is 6.07 Å². The van der Waals surface area contributed by atoms with Crippen LogP contribution < -0.4 is 10.1 Å².